The van der Waals surface area contributed by atoms with Gasteiger partial charge in [0, 0.05) is 6.54 Å². The van der Waals surface area contributed by atoms with E-state index >= 15 is 0 Å². The molecule has 6 heteroatoms. The van der Waals surface area contributed by atoms with Crippen LogP contribution in [0.4, 0.5) is 0 Å². The molecule has 0 radical (unpaired) electrons. The van der Waals surface area contributed by atoms with Gasteiger partial charge in [-0.1, -0.05) is 17.3 Å². The maximum Gasteiger partial charge on any atom is 0.244 e. The fourth-order valence-electron chi connectivity index (χ4n) is 2.32. The second-order valence-electron chi connectivity index (χ2n) is 4.74. The highest BCUT2D eigenvalue weighted by atomic mass is 16.5. The maximum absolute atomic E-state index is 9.53. The highest BCUT2D eigenvalue weighted by Crippen LogP contribution is 2.29. The topological polar surface area (TPSA) is 80.4 Å². The predicted octanol–water partition coefficient (Wildman–Crippen LogP) is 1.53. The first kappa shape index (κ1) is 13.1. The molecule has 3 rings (SSSR count). The van der Waals surface area contributed by atoms with Crippen LogP contribution < -0.4 is 10.1 Å². The first-order valence-corrected chi connectivity index (χ1v) is 6.75. The Labute approximate surface area is 116 Å². The number of aromatic nitrogens is 2. The Morgan fingerprint density at radius 2 is 2.30 bits per heavy atom. The van der Waals surface area contributed by atoms with Crippen molar-refractivity contribution in [1.29, 1.82) is 0 Å². The van der Waals surface area contributed by atoms with E-state index in [4.69, 9.17) is 9.26 Å². The monoisotopic (exact) mass is 275 g/mol. The van der Waals surface area contributed by atoms with Gasteiger partial charge in [-0.15, -0.1) is 0 Å². The van der Waals surface area contributed by atoms with E-state index in [9.17, 15) is 5.11 Å². The lowest BCUT2D eigenvalue weighted by molar-refractivity contribution is 0.191. The molecule has 1 fully saturated rings. The average molecular weight is 275 g/mol. The molecule has 0 spiro atoms. The van der Waals surface area contributed by atoms with Gasteiger partial charge in [-0.05, 0) is 25.5 Å². The zero-order valence-corrected chi connectivity index (χ0v) is 11.2. The molecule has 2 N–H and O–H groups in total. The van der Waals surface area contributed by atoms with Crippen molar-refractivity contribution in [2.24, 2.45) is 0 Å². The summed E-state index contributed by atoms with van der Waals surface area (Å²) in [7, 11) is 0. The van der Waals surface area contributed by atoms with Gasteiger partial charge >= 0.3 is 0 Å². The average Bonchev–Trinajstić information content (AvgIpc) is 3.08. The number of hydrogen-bond acceptors (Lipinski definition) is 6. The number of nitrogens with zero attached hydrogens (tertiary/aromatic N) is 2. The van der Waals surface area contributed by atoms with Gasteiger partial charge < -0.3 is 19.7 Å². The van der Waals surface area contributed by atoms with E-state index in [1.807, 2.05) is 31.2 Å². The highest BCUT2D eigenvalue weighted by molar-refractivity contribution is 5.63. The van der Waals surface area contributed by atoms with Crippen LogP contribution in [-0.4, -0.2) is 34.5 Å². The summed E-state index contributed by atoms with van der Waals surface area (Å²) < 4.78 is 10.9. The third-order valence-electron chi connectivity index (χ3n) is 3.28. The normalized spacial score (nSPS) is 22.1. The smallest absolute Gasteiger partial charge is 0.244 e. The number of benzene rings is 1. The highest BCUT2D eigenvalue weighted by Gasteiger charge is 2.28. The molecule has 1 aliphatic heterocycles. The van der Waals surface area contributed by atoms with E-state index in [1.165, 1.54) is 0 Å². The van der Waals surface area contributed by atoms with E-state index < -0.39 is 0 Å². The van der Waals surface area contributed by atoms with Crippen LogP contribution in [0.2, 0.25) is 0 Å². The van der Waals surface area contributed by atoms with Crippen LogP contribution in [0.25, 0.3) is 11.4 Å². The summed E-state index contributed by atoms with van der Waals surface area (Å²) in [6.45, 7) is 3.07. The molecule has 20 heavy (non-hydrogen) atoms. The van der Waals surface area contributed by atoms with Crippen LogP contribution in [0.1, 0.15) is 25.3 Å². The van der Waals surface area contributed by atoms with Crippen molar-refractivity contribution in [2.75, 3.05) is 13.2 Å². The Kier molecular flexibility index (Phi) is 3.66. The third kappa shape index (κ3) is 2.52. The minimum atomic E-state index is -0.355. The molecule has 1 aromatic carbocycles. The molecule has 2 atom stereocenters. The van der Waals surface area contributed by atoms with Crippen LogP contribution in [-0.2, 0) is 0 Å². The SMILES string of the molecule is CCOc1ccccc1-c1noc([C@@H]2C[C@H](O)CN2)n1. The number of hydrogen-bond donors (Lipinski definition) is 2. The summed E-state index contributed by atoms with van der Waals surface area (Å²) in [5.74, 6) is 1.75. The Balaban J connectivity index is 1.86. The molecule has 0 amide bonds. The molecule has 106 valence electrons. The van der Waals surface area contributed by atoms with Crippen molar-refractivity contribution >= 4 is 0 Å². The van der Waals surface area contributed by atoms with Crippen LogP contribution in [0.3, 0.4) is 0 Å². The second-order valence-corrected chi connectivity index (χ2v) is 4.74. The molecule has 0 bridgehead atoms. The van der Waals surface area contributed by atoms with Crippen LogP contribution in [0.5, 0.6) is 5.75 Å². The minimum Gasteiger partial charge on any atom is -0.493 e. The summed E-state index contributed by atoms with van der Waals surface area (Å²) in [6.07, 6.45) is 0.237. The number of para-hydroxylation sites is 1. The Morgan fingerprint density at radius 1 is 1.45 bits per heavy atom. The number of aliphatic hydroxyl groups excluding tert-OH is 1. The van der Waals surface area contributed by atoms with Gasteiger partial charge in [0.15, 0.2) is 0 Å². The zero-order valence-electron chi connectivity index (χ0n) is 11.2. The maximum atomic E-state index is 9.53. The van der Waals surface area contributed by atoms with Crippen LogP contribution in [0.15, 0.2) is 28.8 Å². The van der Waals surface area contributed by atoms with Gasteiger partial charge in [-0.3, -0.25) is 0 Å². The number of aliphatic hydroxyl groups is 1. The summed E-state index contributed by atoms with van der Waals surface area (Å²) in [4.78, 5) is 4.41. The summed E-state index contributed by atoms with van der Waals surface area (Å²) in [5.41, 5.74) is 0.808. The van der Waals surface area contributed by atoms with E-state index in [2.05, 4.69) is 15.5 Å². The zero-order chi connectivity index (χ0) is 13.9. The third-order valence-corrected chi connectivity index (χ3v) is 3.28. The summed E-state index contributed by atoms with van der Waals surface area (Å²) >= 11 is 0. The van der Waals surface area contributed by atoms with Crippen molar-refractivity contribution in [3.05, 3.63) is 30.2 Å². The first-order chi connectivity index (χ1) is 9.78. The van der Waals surface area contributed by atoms with Crippen molar-refractivity contribution in [3.63, 3.8) is 0 Å². The van der Waals surface area contributed by atoms with Gasteiger partial charge in [0.2, 0.25) is 11.7 Å². The number of β-amino-alcohol motifs (C(OH)–C–C–N with tert-alkyl or cyclic N) is 1. The molecule has 2 aromatic rings. The lowest BCUT2D eigenvalue weighted by atomic mass is 10.2. The molecular formula is C14H17N3O3. The lowest BCUT2D eigenvalue weighted by Gasteiger charge is -2.06. The van der Waals surface area contributed by atoms with Gasteiger partial charge in [0.1, 0.15) is 5.75 Å². The van der Waals surface area contributed by atoms with E-state index in [1.54, 1.807) is 0 Å². The van der Waals surface area contributed by atoms with Gasteiger partial charge in [-0.2, -0.15) is 4.98 Å². The van der Waals surface area contributed by atoms with Gasteiger partial charge in [0.05, 0.1) is 24.3 Å². The predicted molar refractivity (Wildman–Crippen MR) is 72.3 cm³/mol. The number of ether oxygens (including phenoxy) is 1. The Hall–Kier alpha value is -1.92. The van der Waals surface area contributed by atoms with E-state index in [0.717, 1.165) is 11.3 Å². The van der Waals surface area contributed by atoms with E-state index in [0.29, 0.717) is 31.3 Å². The molecule has 2 heterocycles. The van der Waals surface area contributed by atoms with Crippen LogP contribution >= 0.6 is 0 Å². The second kappa shape index (κ2) is 5.60. The number of rotatable bonds is 4. The van der Waals surface area contributed by atoms with E-state index in [-0.39, 0.29) is 12.1 Å². The Bertz CT molecular complexity index is 585. The molecular weight excluding hydrogens is 258 g/mol. The largest absolute Gasteiger partial charge is 0.493 e. The quantitative estimate of drug-likeness (QED) is 0.880. The molecule has 1 aromatic heterocycles. The molecule has 0 aliphatic carbocycles. The standard InChI is InChI=1S/C14H17N3O3/c1-2-19-12-6-4-3-5-10(12)13-16-14(20-17-13)11-7-9(18)8-15-11/h3-6,9,11,15,18H,2,7-8H2,1H3/t9-,11-/m0/s1. The van der Waals surface area contributed by atoms with Gasteiger partial charge in [-0.25, -0.2) is 0 Å². The molecule has 1 aliphatic rings. The van der Waals surface area contributed by atoms with Crippen molar-refractivity contribution in [2.45, 2.75) is 25.5 Å². The summed E-state index contributed by atoms with van der Waals surface area (Å²) in [6, 6.07) is 7.52. The molecule has 0 unspecified atom stereocenters. The minimum absolute atomic E-state index is 0.0782. The van der Waals surface area contributed by atoms with Gasteiger partial charge in [0.25, 0.3) is 0 Å². The molecule has 6 nitrogen and oxygen atoms in total. The fraction of sp³-hybridized carbons (Fsp3) is 0.429. The molecule has 1 saturated heterocycles. The van der Waals surface area contributed by atoms with Crippen molar-refractivity contribution in [1.82, 2.24) is 15.5 Å². The van der Waals surface area contributed by atoms with Crippen molar-refractivity contribution < 1.29 is 14.4 Å². The van der Waals surface area contributed by atoms with Crippen molar-refractivity contribution in [3.8, 4) is 17.1 Å². The Morgan fingerprint density at radius 3 is 3.05 bits per heavy atom. The lowest BCUT2D eigenvalue weighted by Crippen LogP contribution is -2.15. The van der Waals surface area contributed by atoms with Crippen LogP contribution in [0, 0.1) is 0 Å². The molecule has 0 saturated carbocycles. The fourth-order valence-corrected chi connectivity index (χ4v) is 2.32. The summed E-state index contributed by atoms with van der Waals surface area (Å²) in [5, 5.41) is 16.7. The first-order valence-electron chi connectivity index (χ1n) is 6.75. The number of nitrogens with one attached hydrogen (secondary N) is 1.